The van der Waals surface area contributed by atoms with Crippen LogP contribution in [0.25, 0.3) is 22.3 Å². The molecule has 0 aliphatic heterocycles. The number of carbonyl (C=O) groups excluding carboxylic acids is 1. The van der Waals surface area contributed by atoms with Crippen molar-refractivity contribution in [2.75, 3.05) is 33.9 Å². The summed E-state index contributed by atoms with van der Waals surface area (Å²) < 4.78 is 17.4. The van der Waals surface area contributed by atoms with Crippen LogP contribution in [-0.2, 0) is 4.79 Å². The number of phenols is 1. The Kier molecular flexibility index (Phi) is 9.51. The molecule has 0 radical (unpaired) electrons. The number of nitrogens with zero attached hydrogens (tertiary/aromatic N) is 1. The summed E-state index contributed by atoms with van der Waals surface area (Å²) in [5.41, 5.74) is 2.19. The Morgan fingerprint density at radius 2 is 1.69 bits per heavy atom. The van der Waals surface area contributed by atoms with E-state index in [0.717, 1.165) is 25.1 Å². The second-order valence-electron chi connectivity index (χ2n) is 8.51. The zero-order valence-electron chi connectivity index (χ0n) is 20.1. The van der Waals surface area contributed by atoms with Gasteiger partial charge in [0, 0.05) is 36.7 Å². The first-order chi connectivity index (χ1) is 16.9. The fourth-order valence-corrected chi connectivity index (χ4v) is 3.57. The molecule has 0 spiro atoms. The van der Waals surface area contributed by atoms with Gasteiger partial charge in [-0.25, -0.2) is 5.48 Å². The van der Waals surface area contributed by atoms with Crippen molar-refractivity contribution in [3.05, 3.63) is 52.7 Å². The number of hydrogen-bond donors (Lipinski definition) is 3. The zero-order valence-corrected chi connectivity index (χ0v) is 20.1. The lowest BCUT2D eigenvalue weighted by molar-refractivity contribution is -0.129. The molecule has 1 amide bonds. The molecule has 2 aromatic carbocycles. The summed E-state index contributed by atoms with van der Waals surface area (Å²) in [6.07, 6.45) is 3.21. The Bertz CT molecular complexity index is 1170. The maximum absolute atomic E-state index is 12.7. The summed E-state index contributed by atoms with van der Waals surface area (Å²) in [6, 6.07) is 11.6. The van der Waals surface area contributed by atoms with Crippen LogP contribution in [0.4, 0.5) is 0 Å². The second-order valence-corrected chi connectivity index (χ2v) is 8.51. The van der Waals surface area contributed by atoms with Crippen LogP contribution in [0.15, 0.2) is 51.7 Å². The van der Waals surface area contributed by atoms with Crippen molar-refractivity contribution in [2.24, 2.45) is 0 Å². The summed E-state index contributed by atoms with van der Waals surface area (Å²) in [5, 5.41) is 19.0. The third-order valence-electron chi connectivity index (χ3n) is 5.38. The minimum absolute atomic E-state index is 0.0944. The molecule has 9 heteroatoms. The summed E-state index contributed by atoms with van der Waals surface area (Å²) in [6.45, 7) is 1.93. The fourth-order valence-electron chi connectivity index (χ4n) is 3.57. The molecule has 0 saturated carbocycles. The first kappa shape index (κ1) is 26.1. The molecule has 3 rings (SSSR count). The second kappa shape index (κ2) is 12.8. The third kappa shape index (κ3) is 7.73. The summed E-state index contributed by atoms with van der Waals surface area (Å²) in [7, 11) is 4.04. The van der Waals surface area contributed by atoms with E-state index in [-0.39, 0.29) is 28.6 Å². The van der Waals surface area contributed by atoms with Gasteiger partial charge in [-0.05, 0) is 64.0 Å². The Balaban J connectivity index is 1.66. The fraction of sp³-hybridized carbons (Fsp3) is 0.385. The molecule has 1 heterocycles. The monoisotopic (exact) mass is 484 g/mol. The number of fused-ring (bicyclic) bond motifs is 1. The molecule has 0 fully saturated rings. The van der Waals surface area contributed by atoms with Gasteiger partial charge in [0.2, 0.25) is 5.91 Å². The van der Waals surface area contributed by atoms with Crippen LogP contribution in [0.3, 0.4) is 0 Å². The lowest BCUT2D eigenvalue weighted by Gasteiger charge is -2.11. The minimum atomic E-state index is -0.418. The average molecular weight is 485 g/mol. The number of aromatic hydroxyl groups is 1. The van der Waals surface area contributed by atoms with Crippen molar-refractivity contribution in [2.45, 2.75) is 32.1 Å². The van der Waals surface area contributed by atoms with Crippen molar-refractivity contribution >= 4 is 16.9 Å². The topological polar surface area (TPSA) is 121 Å². The van der Waals surface area contributed by atoms with Crippen LogP contribution in [-0.4, -0.2) is 55.0 Å². The van der Waals surface area contributed by atoms with E-state index in [1.807, 2.05) is 38.4 Å². The number of benzene rings is 2. The third-order valence-corrected chi connectivity index (χ3v) is 5.38. The molecular formula is C26H32N2O7. The van der Waals surface area contributed by atoms with Gasteiger partial charge in [-0.2, -0.15) is 0 Å². The van der Waals surface area contributed by atoms with E-state index < -0.39 is 5.91 Å². The molecule has 1 aromatic heterocycles. The summed E-state index contributed by atoms with van der Waals surface area (Å²) >= 11 is 0. The Labute approximate surface area is 203 Å². The first-order valence-electron chi connectivity index (χ1n) is 11.6. The predicted octanol–water partition coefficient (Wildman–Crippen LogP) is 3.94. The highest BCUT2D eigenvalue weighted by atomic mass is 16.5. The molecule has 0 unspecified atom stereocenters. The maximum Gasteiger partial charge on any atom is 0.243 e. The van der Waals surface area contributed by atoms with Crippen molar-refractivity contribution in [1.82, 2.24) is 10.4 Å². The lowest BCUT2D eigenvalue weighted by atomic mass is 10.1. The molecule has 188 valence electrons. The van der Waals surface area contributed by atoms with Crippen LogP contribution in [0.2, 0.25) is 0 Å². The molecule has 35 heavy (non-hydrogen) atoms. The highest BCUT2D eigenvalue weighted by Gasteiger charge is 2.13. The van der Waals surface area contributed by atoms with Crippen LogP contribution >= 0.6 is 0 Å². The van der Waals surface area contributed by atoms with E-state index >= 15 is 0 Å². The van der Waals surface area contributed by atoms with Crippen molar-refractivity contribution in [3.63, 3.8) is 0 Å². The molecular weight excluding hydrogens is 452 g/mol. The van der Waals surface area contributed by atoms with E-state index in [0.29, 0.717) is 43.1 Å². The van der Waals surface area contributed by atoms with Gasteiger partial charge in [-0.3, -0.25) is 14.8 Å². The average Bonchev–Trinajstić information content (AvgIpc) is 2.83. The smallest absolute Gasteiger partial charge is 0.243 e. The maximum atomic E-state index is 12.7. The molecule has 3 N–H and O–H groups in total. The highest BCUT2D eigenvalue weighted by molar-refractivity contribution is 5.86. The predicted molar refractivity (Wildman–Crippen MR) is 132 cm³/mol. The van der Waals surface area contributed by atoms with Crippen molar-refractivity contribution < 1.29 is 29.0 Å². The first-order valence-corrected chi connectivity index (χ1v) is 11.6. The van der Waals surface area contributed by atoms with E-state index in [1.54, 1.807) is 11.5 Å². The molecule has 0 aliphatic rings. The Hall–Kier alpha value is -3.56. The van der Waals surface area contributed by atoms with E-state index in [1.165, 1.54) is 12.1 Å². The Morgan fingerprint density at radius 1 is 0.971 bits per heavy atom. The van der Waals surface area contributed by atoms with Crippen LogP contribution in [0, 0.1) is 0 Å². The van der Waals surface area contributed by atoms with Gasteiger partial charge < -0.3 is 23.9 Å². The van der Waals surface area contributed by atoms with Crippen LogP contribution < -0.4 is 20.4 Å². The van der Waals surface area contributed by atoms with Crippen LogP contribution in [0.1, 0.15) is 32.1 Å². The molecule has 0 aliphatic carbocycles. The number of unbranched alkanes of at least 4 members (excludes halogenated alkanes) is 2. The standard InChI is InChI=1S/C26H32N2O7/c1-28(2)12-6-14-33-19-10-8-18(9-11-19)23-17-22(30)26-21(29)15-20(16-24(26)35-23)34-13-5-3-4-7-25(31)27-32/h8-11,15-17,29,32H,3-7,12-14H2,1-2H3,(H,27,31). The normalized spacial score (nSPS) is 11.1. The number of phenolic OH excluding ortho intramolecular Hbond substituents is 1. The number of hydrogen-bond acceptors (Lipinski definition) is 8. The number of hydroxylamine groups is 1. The quantitative estimate of drug-likeness (QED) is 0.189. The number of nitrogens with one attached hydrogen (secondary N) is 1. The summed E-state index contributed by atoms with van der Waals surface area (Å²) in [4.78, 5) is 25.8. The van der Waals surface area contributed by atoms with Gasteiger partial charge in [0.1, 0.15) is 34.0 Å². The van der Waals surface area contributed by atoms with Gasteiger partial charge in [0.05, 0.1) is 13.2 Å². The number of amides is 1. The van der Waals surface area contributed by atoms with Gasteiger partial charge in [-0.1, -0.05) is 0 Å². The van der Waals surface area contributed by atoms with Gasteiger partial charge >= 0.3 is 0 Å². The van der Waals surface area contributed by atoms with E-state index in [4.69, 9.17) is 19.1 Å². The molecule has 3 aromatic rings. The SMILES string of the molecule is CN(C)CCCOc1ccc(-c2cc(=O)c3c(O)cc(OCCCCCC(=O)NO)cc3o2)cc1. The largest absolute Gasteiger partial charge is 0.507 e. The highest BCUT2D eigenvalue weighted by Crippen LogP contribution is 2.31. The number of rotatable bonds is 13. The minimum Gasteiger partial charge on any atom is -0.507 e. The molecule has 0 saturated heterocycles. The van der Waals surface area contributed by atoms with Crippen molar-refractivity contribution in [3.8, 4) is 28.6 Å². The molecule has 0 bridgehead atoms. The lowest BCUT2D eigenvalue weighted by Crippen LogP contribution is -2.17. The van der Waals surface area contributed by atoms with E-state index in [2.05, 4.69) is 4.90 Å². The molecule has 9 nitrogen and oxygen atoms in total. The van der Waals surface area contributed by atoms with Gasteiger partial charge in [-0.15, -0.1) is 0 Å². The van der Waals surface area contributed by atoms with E-state index in [9.17, 15) is 14.7 Å². The van der Waals surface area contributed by atoms with Gasteiger partial charge in [0.25, 0.3) is 0 Å². The Morgan fingerprint density at radius 3 is 2.40 bits per heavy atom. The summed E-state index contributed by atoms with van der Waals surface area (Å²) in [5.74, 6) is 0.864. The zero-order chi connectivity index (χ0) is 25.2. The number of carbonyl (C=O) groups is 1. The van der Waals surface area contributed by atoms with Crippen molar-refractivity contribution in [1.29, 1.82) is 0 Å². The molecule has 0 atom stereocenters. The van der Waals surface area contributed by atoms with Crippen LogP contribution in [0.5, 0.6) is 17.2 Å². The van der Waals surface area contributed by atoms with Gasteiger partial charge in [0.15, 0.2) is 5.43 Å². The number of ether oxygens (including phenoxy) is 2.